The summed E-state index contributed by atoms with van der Waals surface area (Å²) in [6.07, 6.45) is 2.05. The second-order valence-electron chi connectivity index (χ2n) is 3.99. The van der Waals surface area contributed by atoms with Gasteiger partial charge in [0.25, 0.3) is 0 Å². The molecule has 0 saturated carbocycles. The Hall–Kier alpha value is -1.32. The van der Waals surface area contributed by atoms with Crippen molar-refractivity contribution in [1.82, 2.24) is 9.78 Å². The van der Waals surface area contributed by atoms with Crippen LogP contribution in [0.25, 0.3) is 11.1 Å². The molecule has 0 bridgehead atoms. The number of rotatable bonds is 3. The van der Waals surface area contributed by atoms with Crippen LogP contribution in [0.1, 0.15) is 18.2 Å². The van der Waals surface area contributed by atoms with Crippen molar-refractivity contribution < 1.29 is 0 Å². The minimum absolute atomic E-state index is 0.479. The van der Waals surface area contributed by atoms with Crippen LogP contribution in [0.5, 0.6) is 0 Å². The molecule has 2 N–H and O–H groups in total. The Morgan fingerprint density at radius 2 is 2.12 bits per heavy atom. The zero-order chi connectivity index (χ0) is 12.4. The molecule has 0 aliphatic rings. The third-order valence-corrected chi connectivity index (χ3v) is 3.08. The van der Waals surface area contributed by atoms with Crippen LogP contribution in [0.2, 0.25) is 5.02 Å². The van der Waals surface area contributed by atoms with Crippen LogP contribution in [0.4, 0.5) is 0 Å². The van der Waals surface area contributed by atoms with E-state index in [9.17, 15) is 0 Å². The third kappa shape index (κ3) is 2.35. The maximum Gasteiger partial charge on any atom is 0.0672 e. The van der Waals surface area contributed by atoms with Crippen molar-refractivity contribution in [3.63, 3.8) is 0 Å². The number of benzene rings is 1. The van der Waals surface area contributed by atoms with Crippen LogP contribution in [0.15, 0.2) is 24.4 Å². The predicted octanol–water partition coefficient (Wildman–Crippen LogP) is 2.99. The van der Waals surface area contributed by atoms with Crippen molar-refractivity contribution in [3.05, 3.63) is 40.7 Å². The first-order chi connectivity index (χ1) is 8.15. The molecule has 2 rings (SSSR count). The molecule has 0 aliphatic heterocycles. The fourth-order valence-corrected chi connectivity index (χ4v) is 2.13. The Labute approximate surface area is 106 Å². The van der Waals surface area contributed by atoms with Crippen molar-refractivity contribution in [2.24, 2.45) is 5.73 Å². The predicted molar refractivity (Wildman–Crippen MR) is 71.0 cm³/mol. The summed E-state index contributed by atoms with van der Waals surface area (Å²) < 4.78 is 1.93. The fourth-order valence-electron chi connectivity index (χ4n) is 1.94. The lowest BCUT2D eigenvalue weighted by Gasteiger charge is -2.07. The van der Waals surface area contributed by atoms with Gasteiger partial charge >= 0.3 is 0 Å². The van der Waals surface area contributed by atoms with Gasteiger partial charge in [0, 0.05) is 29.9 Å². The molecule has 0 unspecified atom stereocenters. The van der Waals surface area contributed by atoms with E-state index in [0.29, 0.717) is 6.54 Å². The fraction of sp³-hybridized carbons (Fsp3) is 0.308. The van der Waals surface area contributed by atoms with Crippen molar-refractivity contribution in [1.29, 1.82) is 0 Å². The van der Waals surface area contributed by atoms with Crippen LogP contribution < -0.4 is 5.73 Å². The molecular weight excluding hydrogens is 234 g/mol. The lowest BCUT2D eigenvalue weighted by molar-refractivity contribution is 0.653. The van der Waals surface area contributed by atoms with Gasteiger partial charge in [-0.2, -0.15) is 5.10 Å². The number of nitrogens with zero attached hydrogens (tertiary/aromatic N) is 2. The van der Waals surface area contributed by atoms with E-state index >= 15 is 0 Å². The Bertz CT molecular complexity index is 531. The van der Waals surface area contributed by atoms with Gasteiger partial charge in [-0.15, -0.1) is 0 Å². The average molecular weight is 250 g/mol. The summed E-state index contributed by atoms with van der Waals surface area (Å²) >= 11 is 5.98. The minimum atomic E-state index is 0.479. The highest BCUT2D eigenvalue weighted by molar-refractivity contribution is 6.30. The van der Waals surface area contributed by atoms with E-state index in [0.717, 1.165) is 34.0 Å². The van der Waals surface area contributed by atoms with Gasteiger partial charge in [0.2, 0.25) is 0 Å². The molecule has 0 fully saturated rings. The summed E-state index contributed by atoms with van der Waals surface area (Å²) in [5, 5.41) is 5.16. The highest BCUT2D eigenvalue weighted by Crippen LogP contribution is 2.28. The second kappa shape index (κ2) is 4.90. The first-order valence-electron chi connectivity index (χ1n) is 5.68. The quantitative estimate of drug-likeness (QED) is 0.909. The number of hydrogen-bond acceptors (Lipinski definition) is 2. The zero-order valence-corrected chi connectivity index (χ0v) is 10.8. The van der Waals surface area contributed by atoms with Crippen LogP contribution in [-0.2, 0) is 13.1 Å². The molecule has 0 radical (unpaired) electrons. The molecule has 1 heterocycles. The molecule has 0 aliphatic carbocycles. The van der Waals surface area contributed by atoms with E-state index < -0.39 is 0 Å². The molecule has 90 valence electrons. The van der Waals surface area contributed by atoms with Gasteiger partial charge in [-0.1, -0.05) is 17.7 Å². The maximum atomic E-state index is 5.98. The Morgan fingerprint density at radius 1 is 1.35 bits per heavy atom. The summed E-state index contributed by atoms with van der Waals surface area (Å²) in [6.45, 7) is 5.43. The van der Waals surface area contributed by atoms with E-state index in [4.69, 9.17) is 17.3 Å². The molecule has 0 spiro atoms. The van der Waals surface area contributed by atoms with Gasteiger partial charge in [0.05, 0.1) is 5.69 Å². The first kappa shape index (κ1) is 12.1. The molecular formula is C13H16ClN3. The van der Waals surface area contributed by atoms with E-state index in [1.807, 2.05) is 29.8 Å². The minimum Gasteiger partial charge on any atom is -0.326 e. The second-order valence-corrected chi connectivity index (χ2v) is 4.43. The van der Waals surface area contributed by atoms with Crippen molar-refractivity contribution in [2.75, 3.05) is 0 Å². The van der Waals surface area contributed by atoms with Crippen LogP contribution >= 0.6 is 11.6 Å². The SMILES string of the molecule is CCn1cc(-c2ccc(Cl)cc2CN)c(C)n1. The Morgan fingerprint density at radius 3 is 2.71 bits per heavy atom. The van der Waals surface area contributed by atoms with Crippen LogP contribution in [0, 0.1) is 6.92 Å². The smallest absolute Gasteiger partial charge is 0.0672 e. The molecule has 3 nitrogen and oxygen atoms in total. The molecule has 4 heteroatoms. The van der Waals surface area contributed by atoms with Gasteiger partial charge in [-0.3, -0.25) is 4.68 Å². The Balaban J connectivity index is 2.55. The average Bonchev–Trinajstić information content (AvgIpc) is 2.70. The first-order valence-corrected chi connectivity index (χ1v) is 6.06. The zero-order valence-electron chi connectivity index (χ0n) is 10.1. The topological polar surface area (TPSA) is 43.8 Å². The largest absolute Gasteiger partial charge is 0.326 e. The van der Waals surface area contributed by atoms with E-state index in [2.05, 4.69) is 18.2 Å². The monoisotopic (exact) mass is 249 g/mol. The molecule has 0 atom stereocenters. The molecule has 1 aromatic heterocycles. The summed E-state index contributed by atoms with van der Waals surface area (Å²) in [4.78, 5) is 0. The molecule has 17 heavy (non-hydrogen) atoms. The lowest BCUT2D eigenvalue weighted by Crippen LogP contribution is -1.99. The molecule has 2 aromatic rings. The van der Waals surface area contributed by atoms with Gasteiger partial charge < -0.3 is 5.73 Å². The Kier molecular flexibility index (Phi) is 3.50. The van der Waals surface area contributed by atoms with Gasteiger partial charge in [0.15, 0.2) is 0 Å². The van der Waals surface area contributed by atoms with Crippen molar-refractivity contribution in [3.8, 4) is 11.1 Å². The van der Waals surface area contributed by atoms with Gasteiger partial charge in [-0.05, 0) is 37.1 Å². The molecule has 0 saturated heterocycles. The summed E-state index contributed by atoms with van der Waals surface area (Å²) in [5.74, 6) is 0. The highest BCUT2D eigenvalue weighted by Gasteiger charge is 2.10. The normalized spacial score (nSPS) is 10.8. The summed E-state index contributed by atoms with van der Waals surface area (Å²) in [5.41, 5.74) is 10.1. The highest BCUT2D eigenvalue weighted by atomic mass is 35.5. The molecule has 0 amide bonds. The van der Waals surface area contributed by atoms with Gasteiger partial charge in [0.1, 0.15) is 0 Å². The molecule has 1 aromatic carbocycles. The lowest BCUT2D eigenvalue weighted by atomic mass is 10.0. The number of halogens is 1. The summed E-state index contributed by atoms with van der Waals surface area (Å²) in [7, 11) is 0. The number of nitrogens with two attached hydrogens (primary N) is 1. The number of aromatic nitrogens is 2. The maximum absolute atomic E-state index is 5.98. The van der Waals surface area contributed by atoms with E-state index in [1.54, 1.807) is 0 Å². The number of aryl methyl sites for hydroxylation is 2. The van der Waals surface area contributed by atoms with Crippen molar-refractivity contribution >= 4 is 11.6 Å². The standard InChI is InChI=1S/C13H16ClN3/c1-3-17-8-13(9(2)16-17)12-5-4-11(14)6-10(12)7-15/h4-6,8H,3,7,15H2,1-2H3. The van der Waals surface area contributed by atoms with Crippen LogP contribution in [0.3, 0.4) is 0 Å². The summed E-state index contributed by atoms with van der Waals surface area (Å²) in [6, 6.07) is 5.81. The van der Waals surface area contributed by atoms with Gasteiger partial charge in [-0.25, -0.2) is 0 Å². The van der Waals surface area contributed by atoms with E-state index in [-0.39, 0.29) is 0 Å². The third-order valence-electron chi connectivity index (χ3n) is 2.85. The van der Waals surface area contributed by atoms with Crippen LogP contribution in [-0.4, -0.2) is 9.78 Å². The number of hydrogen-bond donors (Lipinski definition) is 1. The van der Waals surface area contributed by atoms with E-state index in [1.165, 1.54) is 0 Å². The van der Waals surface area contributed by atoms with Crippen molar-refractivity contribution in [2.45, 2.75) is 26.9 Å².